The number of hydrogen-bond donors (Lipinski definition) is 1. The lowest BCUT2D eigenvalue weighted by Gasteiger charge is -2.61. The van der Waals surface area contributed by atoms with Crippen LogP contribution >= 0.6 is 0 Å². The normalized spacial score (nSPS) is 51.1. The molecule has 5 fully saturated rings. The van der Waals surface area contributed by atoms with Crippen molar-refractivity contribution in [1.29, 1.82) is 0 Å². The number of rotatable bonds is 7. The topological polar surface area (TPSA) is 29.5 Å². The van der Waals surface area contributed by atoms with E-state index in [1.807, 2.05) is 7.11 Å². The van der Waals surface area contributed by atoms with Gasteiger partial charge in [0.2, 0.25) is 0 Å². The molecule has 5 aliphatic rings. The lowest BCUT2D eigenvalue weighted by atomic mass is 9.45. The first-order valence-electron chi connectivity index (χ1n) is 14.4. The van der Waals surface area contributed by atoms with E-state index in [4.69, 9.17) is 4.74 Å². The van der Waals surface area contributed by atoms with E-state index in [1.54, 1.807) is 0 Å². The lowest BCUT2D eigenvalue weighted by molar-refractivity contribution is -0.160. The third-order valence-electron chi connectivity index (χ3n) is 13.3. The lowest BCUT2D eigenvalue weighted by Crippen LogP contribution is -2.57. The van der Waals surface area contributed by atoms with Gasteiger partial charge in [0.05, 0.1) is 6.10 Å². The standard InChI is InChI=1S/C31H52O2/c1-20(2)28(4,16-17-32)13-10-21(3)24-8-9-25-23-18-27(33-7)31-19-22(31)11-15-30(31,6)26(23)12-14-29(24,25)5/h10,13,20-27,32H,8-9,11-12,14-19H2,1-7H3/b13-10+/t21-,22+,23+,24-,25+,26+,27-,28-,29-,30-,31-/m1/s1. The van der Waals surface area contributed by atoms with E-state index in [-0.39, 0.29) is 12.0 Å². The Morgan fingerprint density at radius 2 is 1.82 bits per heavy atom. The first-order chi connectivity index (χ1) is 15.6. The van der Waals surface area contributed by atoms with Crippen LogP contribution in [0.5, 0.6) is 0 Å². The molecule has 11 atom stereocenters. The third kappa shape index (κ3) is 3.24. The SMILES string of the molecule is CO[C@@H]1C[C@H]2[C@@H]3CC[C@H]([C@H](C)/C=C/[C@](C)(CCO)C(C)C)[C@@]3(C)CC[C@@H]2[C@@]2(C)CC[C@H]3C[C@@]312. The molecule has 0 saturated heterocycles. The summed E-state index contributed by atoms with van der Waals surface area (Å²) in [5.41, 5.74) is 1.66. The van der Waals surface area contributed by atoms with Crippen LogP contribution in [-0.2, 0) is 4.74 Å². The molecule has 1 spiro atoms. The van der Waals surface area contributed by atoms with E-state index >= 15 is 0 Å². The molecule has 0 aromatic carbocycles. The zero-order valence-corrected chi connectivity index (χ0v) is 22.7. The fourth-order valence-corrected chi connectivity index (χ4v) is 10.8. The van der Waals surface area contributed by atoms with Gasteiger partial charge in [0.15, 0.2) is 0 Å². The summed E-state index contributed by atoms with van der Waals surface area (Å²) in [6.07, 6.45) is 17.8. The Hall–Kier alpha value is -0.340. The Morgan fingerprint density at radius 3 is 2.45 bits per heavy atom. The maximum atomic E-state index is 9.64. The molecule has 5 rings (SSSR count). The molecule has 33 heavy (non-hydrogen) atoms. The summed E-state index contributed by atoms with van der Waals surface area (Å²) in [4.78, 5) is 0. The quantitative estimate of drug-likeness (QED) is 0.402. The number of hydrogen-bond acceptors (Lipinski definition) is 2. The fraction of sp³-hybridized carbons (Fsp3) is 0.935. The number of ether oxygens (including phenoxy) is 1. The molecule has 2 nitrogen and oxygen atoms in total. The predicted molar refractivity (Wildman–Crippen MR) is 137 cm³/mol. The van der Waals surface area contributed by atoms with Gasteiger partial charge in [-0.25, -0.2) is 0 Å². The van der Waals surface area contributed by atoms with Gasteiger partial charge in [-0.05, 0) is 115 Å². The Morgan fingerprint density at radius 1 is 1.06 bits per heavy atom. The summed E-state index contributed by atoms with van der Waals surface area (Å²) in [6, 6.07) is 0. The van der Waals surface area contributed by atoms with Crippen molar-refractivity contribution >= 4 is 0 Å². The highest BCUT2D eigenvalue weighted by Gasteiger charge is 2.77. The van der Waals surface area contributed by atoms with Crippen LogP contribution in [0.25, 0.3) is 0 Å². The number of aliphatic hydroxyl groups excluding tert-OH is 1. The average molecular weight is 457 g/mol. The first-order valence-corrected chi connectivity index (χ1v) is 14.4. The molecule has 0 amide bonds. The van der Waals surface area contributed by atoms with Gasteiger partial charge in [-0.15, -0.1) is 0 Å². The molecule has 2 heteroatoms. The second-order valence-electron chi connectivity index (χ2n) is 14.3. The second-order valence-corrected chi connectivity index (χ2v) is 14.3. The van der Waals surface area contributed by atoms with Crippen LogP contribution in [0, 0.1) is 63.1 Å². The highest BCUT2D eigenvalue weighted by molar-refractivity contribution is 5.26. The van der Waals surface area contributed by atoms with E-state index in [9.17, 15) is 5.11 Å². The molecule has 1 N–H and O–H groups in total. The molecule has 0 radical (unpaired) electrons. The molecule has 0 aromatic heterocycles. The summed E-state index contributed by atoms with van der Waals surface area (Å²) in [5, 5.41) is 9.64. The van der Waals surface area contributed by atoms with E-state index in [1.165, 1.54) is 51.4 Å². The molecular weight excluding hydrogens is 404 g/mol. The minimum Gasteiger partial charge on any atom is -0.396 e. The van der Waals surface area contributed by atoms with Crippen LogP contribution in [0.3, 0.4) is 0 Å². The Balaban J connectivity index is 1.37. The highest BCUT2D eigenvalue weighted by Crippen LogP contribution is 2.82. The Labute approximate surface area is 204 Å². The van der Waals surface area contributed by atoms with Gasteiger partial charge in [-0.2, -0.15) is 0 Å². The molecule has 0 aliphatic heterocycles. The fourth-order valence-electron chi connectivity index (χ4n) is 10.8. The average Bonchev–Trinajstić information content (AvgIpc) is 3.28. The van der Waals surface area contributed by atoms with Crippen LogP contribution < -0.4 is 0 Å². The molecule has 188 valence electrons. The summed E-state index contributed by atoms with van der Waals surface area (Å²) in [6.45, 7) is 15.1. The van der Waals surface area contributed by atoms with E-state index in [0.717, 1.165) is 36.0 Å². The Kier molecular flexibility index (Phi) is 5.97. The van der Waals surface area contributed by atoms with Gasteiger partial charge < -0.3 is 9.84 Å². The molecule has 5 aliphatic carbocycles. The second kappa shape index (κ2) is 8.09. The van der Waals surface area contributed by atoms with Crippen LogP contribution in [0.2, 0.25) is 0 Å². The van der Waals surface area contributed by atoms with Gasteiger partial charge in [-0.3, -0.25) is 0 Å². The third-order valence-corrected chi connectivity index (χ3v) is 13.3. The summed E-state index contributed by atoms with van der Waals surface area (Å²) >= 11 is 0. The van der Waals surface area contributed by atoms with Crippen molar-refractivity contribution < 1.29 is 9.84 Å². The number of methoxy groups -OCH3 is 1. The van der Waals surface area contributed by atoms with E-state index in [2.05, 4.69) is 53.7 Å². The maximum Gasteiger partial charge on any atom is 0.0638 e. The minimum absolute atomic E-state index is 0.0980. The van der Waals surface area contributed by atoms with Crippen molar-refractivity contribution in [1.82, 2.24) is 0 Å². The zero-order valence-electron chi connectivity index (χ0n) is 22.7. The van der Waals surface area contributed by atoms with Gasteiger partial charge in [-0.1, -0.05) is 53.7 Å². The van der Waals surface area contributed by atoms with Crippen LogP contribution in [0.4, 0.5) is 0 Å². The van der Waals surface area contributed by atoms with Crippen molar-refractivity contribution in [3.63, 3.8) is 0 Å². The van der Waals surface area contributed by atoms with Crippen molar-refractivity contribution in [2.24, 2.45) is 63.1 Å². The molecular formula is C31H52O2. The van der Waals surface area contributed by atoms with Crippen molar-refractivity contribution in [3.05, 3.63) is 12.2 Å². The molecule has 0 bridgehead atoms. The summed E-state index contributed by atoms with van der Waals surface area (Å²) in [5.74, 6) is 5.64. The highest BCUT2D eigenvalue weighted by atomic mass is 16.5. The van der Waals surface area contributed by atoms with Crippen LogP contribution in [0.1, 0.15) is 99.3 Å². The largest absolute Gasteiger partial charge is 0.396 e. The van der Waals surface area contributed by atoms with E-state index in [0.29, 0.717) is 34.2 Å². The van der Waals surface area contributed by atoms with Gasteiger partial charge in [0, 0.05) is 19.1 Å². The van der Waals surface area contributed by atoms with Crippen molar-refractivity contribution in [2.75, 3.05) is 13.7 Å². The molecule has 5 saturated carbocycles. The molecule has 0 aromatic rings. The number of aliphatic hydroxyl groups is 1. The summed E-state index contributed by atoms with van der Waals surface area (Å²) < 4.78 is 6.31. The first kappa shape index (κ1) is 24.4. The van der Waals surface area contributed by atoms with E-state index < -0.39 is 0 Å². The maximum absolute atomic E-state index is 9.64. The minimum atomic E-state index is 0.0980. The van der Waals surface area contributed by atoms with Crippen molar-refractivity contribution in [2.45, 2.75) is 105 Å². The number of fused-ring (bicyclic) bond motifs is 4. The van der Waals surface area contributed by atoms with Crippen LogP contribution in [-0.4, -0.2) is 24.9 Å². The number of allylic oxidation sites excluding steroid dienone is 2. The molecule has 0 unspecified atom stereocenters. The smallest absolute Gasteiger partial charge is 0.0638 e. The predicted octanol–water partition coefficient (Wildman–Crippen LogP) is 7.51. The van der Waals surface area contributed by atoms with Gasteiger partial charge >= 0.3 is 0 Å². The van der Waals surface area contributed by atoms with Gasteiger partial charge in [0.25, 0.3) is 0 Å². The summed E-state index contributed by atoms with van der Waals surface area (Å²) in [7, 11) is 2.01. The Bertz CT molecular complexity index is 773. The van der Waals surface area contributed by atoms with Crippen LogP contribution in [0.15, 0.2) is 12.2 Å². The monoisotopic (exact) mass is 456 g/mol. The molecule has 0 heterocycles. The van der Waals surface area contributed by atoms with Crippen molar-refractivity contribution in [3.8, 4) is 0 Å². The van der Waals surface area contributed by atoms with Gasteiger partial charge in [0.1, 0.15) is 0 Å². The zero-order chi connectivity index (χ0) is 23.8.